The summed E-state index contributed by atoms with van der Waals surface area (Å²) >= 11 is 0. The van der Waals surface area contributed by atoms with Crippen LogP contribution in [0.25, 0.3) is 0 Å². The number of hydrogen-bond donors (Lipinski definition) is 0. The number of ether oxygens (including phenoxy) is 1. The van der Waals surface area contributed by atoms with E-state index >= 15 is 0 Å². The number of aromatic nitrogens is 2. The molecule has 1 aliphatic carbocycles. The molecular formula is C21H17FN4O4. The Morgan fingerprint density at radius 2 is 1.73 bits per heavy atom. The van der Waals surface area contributed by atoms with Gasteiger partial charge < -0.3 is 4.74 Å². The highest BCUT2D eigenvalue weighted by Crippen LogP contribution is 2.42. The van der Waals surface area contributed by atoms with Crippen LogP contribution in [0, 0.1) is 5.82 Å². The molecule has 0 N–H and O–H groups in total. The zero-order valence-electron chi connectivity index (χ0n) is 15.9. The van der Waals surface area contributed by atoms with Gasteiger partial charge >= 0.3 is 0 Å². The second-order valence-electron chi connectivity index (χ2n) is 7.35. The molecular weight excluding hydrogens is 391 g/mol. The lowest BCUT2D eigenvalue weighted by Gasteiger charge is -2.30. The average molecular weight is 408 g/mol. The van der Waals surface area contributed by atoms with E-state index in [4.69, 9.17) is 4.74 Å². The van der Waals surface area contributed by atoms with Crippen molar-refractivity contribution in [2.24, 2.45) is 0 Å². The van der Waals surface area contributed by atoms with Crippen molar-refractivity contribution in [1.82, 2.24) is 9.97 Å². The maximum absolute atomic E-state index is 14.9. The first-order valence-electron chi connectivity index (χ1n) is 9.67. The molecule has 0 spiro atoms. The third-order valence-electron chi connectivity index (χ3n) is 5.54. The Hall–Kier alpha value is -3.62. The van der Waals surface area contributed by atoms with Crippen LogP contribution in [0.2, 0.25) is 0 Å². The maximum atomic E-state index is 14.9. The molecule has 1 aromatic carbocycles. The van der Waals surface area contributed by atoms with Gasteiger partial charge in [0.2, 0.25) is 0 Å². The molecule has 8 nitrogen and oxygen atoms in total. The molecule has 0 unspecified atom stereocenters. The van der Waals surface area contributed by atoms with E-state index in [2.05, 4.69) is 9.97 Å². The number of benzene rings is 1. The smallest absolute Gasteiger partial charge is 0.265 e. The van der Waals surface area contributed by atoms with Crippen LogP contribution >= 0.6 is 0 Å². The van der Waals surface area contributed by atoms with Crippen LogP contribution in [0.15, 0.2) is 41.9 Å². The summed E-state index contributed by atoms with van der Waals surface area (Å²) in [5.41, 5.74) is 1.56. The predicted molar refractivity (Wildman–Crippen MR) is 103 cm³/mol. The molecule has 0 bridgehead atoms. The lowest BCUT2D eigenvalue weighted by Crippen LogP contribution is -2.39. The lowest BCUT2D eigenvalue weighted by atomic mass is 9.93. The molecule has 0 fully saturated rings. The van der Waals surface area contributed by atoms with Crippen LogP contribution in [0.1, 0.15) is 31.4 Å². The van der Waals surface area contributed by atoms with E-state index in [0.29, 0.717) is 29.7 Å². The quantitative estimate of drug-likeness (QED) is 0.724. The highest BCUT2D eigenvalue weighted by Gasteiger charge is 2.41. The van der Waals surface area contributed by atoms with Gasteiger partial charge in [0, 0.05) is 29.6 Å². The van der Waals surface area contributed by atoms with Crippen molar-refractivity contribution in [3.8, 4) is 5.75 Å². The Balaban J connectivity index is 1.55. The minimum Gasteiger partial charge on any atom is -0.481 e. The number of carbonyl (C=O) groups is 3. The molecule has 0 atom stereocenters. The largest absolute Gasteiger partial charge is 0.481 e. The Kier molecular flexibility index (Phi) is 4.30. The average Bonchev–Trinajstić information content (AvgIpc) is 3.01. The van der Waals surface area contributed by atoms with E-state index in [1.54, 1.807) is 0 Å². The number of imide groups is 1. The molecule has 3 heterocycles. The lowest BCUT2D eigenvalue weighted by molar-refractivity contribution is -0.122. The monoisotopic (exact) mass is 408 g/mol. The van der Waals surface area contributed by atoms with Gasteiger partial charge in [0.15, 0.2) is 12.4 Å². The van der Waals surface area contributed by atoms with Crippen molar-refractivity contribution in [1.29, 1.82) is 0 Å². The molecule has 1 aromatic heterocycles. The standard InChI is InChI=1S/C21H17FN4O4/c22-15-7-18-17(25(19(27)11-30-18)10-12-9-23-5-6-24-12)8-16(15)26-20(28)13-3-1-2-4-14(13)21(26)29/h5-9H,1-4,10-11H2. The SMILES string of the molecule is O=C1COc2cc(F)c(N3C(=O)C4=C(CCCC4)C3=O)cc2N1Cc1cnccn1. The molecule has 152 valence electrons. The van der Waals surface area contributed by atoms with E-state index in [1.165, 1.54) is 29.6 Å². The number of rotatable bonds is 3. The molecule has 0 saturated carbocycles. The van der Waals surface area contributed by atoms with Gasteiger partial charge in [-0.2, -0.15) is 0 Å². The maximum Gasteiger partial charge on any atom is 0.265 e. The van der Waals surface area contributed by atoms with Crippen molar-refractivity contribution in [2.45, 2.75) is 32.2 Å². The summed E-state index contributed by atoms with van der Waals surface area (Å²) in [6.07, 6.45) is 7.24. The summed E-state index contributed by atoms with van der Waals surface area (Å²) in [5.74, 6) is -1.92. The van der Waals surface area contributed by atoms with Gasteiger partial charge in [-0.3, -0.25) is 29.3 Å². The summed E-state index contributed by atoms with van der Waals surface area (Å²) in [4.78, 5) is 48.7. The number of anilines is 2. The van der Waals surface area contributed by atoms with E-state index in [0.717, 1.165) is 23.8 Å². The fraction of sp³-hybridized carbons (Fsp3) is 0.286. The van der Waals surface area contributed by atoms with Crippen LogP contribution in [-0.4, -0.2) is 34.3 Å². The molecule has 3 amide bonds. The van der Waals surface area contributed by atoms with Crippen molar-refractivity contribution in [3.05, 3.63) is 53.4 Å². The van der Waals surface area contributed by atoms with Gasteiger partial charge in [0.1, 0.15) is 5.75 Å². The predicted octanol–water partition coefficient (Wildman–Crippen LogP) is 2.29. The van der Waals surface area contributed by atoms with Crippen molar-refractivity contribution >= 4 is 29.1 Å². The number of halogens is 1. The van der Waals surface area contributed by atoms with Gasteiger partial charge in [-0.15, -0.1) is 0 Å². The summed E-state index contributed by atoms with van der Waals surface area (Å²) in [7, 11) is 0. The van der Waals surface area contributed by atoms with Crippen LogP contribution in [0.3, 0.4) is 0 Å². The Morgan fingerprint density at radius 3 is 2.40 bits per heavy atom. The molecule has 0 saturated heterocycles. The number of hydrogen-bond acceptors (Lipinski definition) is 6. The number of carbonyl (C=O) groups excluding carboxylic acids is 3. The van der Waals surface area contributed by atoms with Gasteiger partial charge in [-0.25, -0.2) is 9.29 Å². The van der Waals surface area contributed by atoms with Gasteiger partial charge in [-0.05, 0) is 31.7 Å². The first-order chi connectivity index (χ1) is 14.5. The van der Waals surface area contributed by atoms with Gasteiger partial charge in [-0.1, -0.05) is 0 Å². The third-order valence-corrected chi connectivity index (χ3v) is 5.54. The normalized spacial score (nSPS) is 18.5. The second-order valence-corrected chi connectivity index (χ2v) is 7.35. The molecule has 5 rings (SSSR count). The molecule has 30 heavy (non-hydrogen) atoms. The Labute approximate surface area is 171 Å². The van der Waals surface area contributed by atoms with Crippen molar-refractivity contribution < 1.29 is 23.5 Å². The highest BCUT2D eigenvalue weighted by molar-refractivity contribution is 6.33. The second kappa shape index (κ2) is 7.01. The zero-order chi connectivity index (χ0) is 20.8. The van der Waals surface area contributed by atoms with Crippen LogP contribution < -0.4 is 14.5 Å². The molecule has 2 aromatic rings. The molecule has 9 heteroatoms. The minimum absolute atomic E-state index is 0.102. The van der Waals surface area contributed by atoms with Crippen LogP contribution in [-0.2, 0) is 20.9 Å². The topological polar surface area (TPSA) is 92.7 Å². The van der Waals surface area contributed by atoms with Crippen molar-refractivity contribution in [2.75, 3.05) is 16.4 Å². The minimum atomic E-state index is -0.760. The number of fused-ring (bicyclic) bond motifs is 1. The van der Waals surface area contributed by atoms with Gasteiger partial charge in [0.05, 0.1) is 29.8 Å². The molecule has 2 aliphatic heterocycles. The summed E-state index contributed by atoms with van der Waals surface area (Å²) in [6, 6.07) is 2.44. The Bertz CT molecular complexity index is 1090. The molecule has 0 radical (unpaired) electrons. The summed E-state index contributed by atoms with van der Waals surface area (Å²) in [5, 5.41) is 0. The first kappa shape index (κ1) is 18.4. The van der Waals surface area contributed by atoms with E-state index in [-0.39, 0.29) is 36.2 Å². The van der Waals surface area contributed by atoms with Crippen LogP contribution in [0.4, 0.5) is 15.8 Å². The van der Waals surface area contributed by atoms with E-state index in [1.807, 2.05) is 0 Å². The van der Waals surface area contributed by atoms with E-state index < -0.39 is 17.6 Å². The number of amides is 3. The third kappa shape index (κ3) is 2.85. The van der Waals surface area contributed by atoms with Gasteiger partial charge in [0.25, 0.3) is 17.7 Å². The van der Waals surface area contributed by atoms with Crippen molar-refractivity contribution in [3.63, 3.8) is 0 Å². The summed E-state index contributed by atoms with van der Waals surface area (Å²) < 4.78 is 20.3. The Morgan fingerprint density at radius 1 is 1.00 bits per heavy atom. The van der Waals surface area contributed by atoms with Crippen LogP contribution in [0.5, 0.6) is 5.75 Å². The summed E-state index contributed by atoms with van der Waals surface area (Å²) in [6.45, 7) is -0.145. The first-order valence-corrected chi connectivity index (χ1v) is 9.67. The van der Waals surface area contributed by atoms with E-state index in [9.17, 15) is 18.8 Å². The fourth-order valence-electron chi connectivity index (χ4n) is 4.09. The fourth-order valence-corrected chi connectivity index (χ4v) is 4.09. The molecule has 3 aliphatic rings. The highest BCUT2D eigenvalue weighted by atomic mass is 19.1. The zero-order valence-corrected chi connectivity index (χ0v) is 15.9. The number of nitrogens with zero attached hydrogens (tertiary/aromatic N) is 4.